The average molecular weight is 1480 g/mol. The minimum absolute atomic E-state index is 0.202. The van der Waals surface area contributed by atoms with Crippen molar-refractivity contribution in [3.8, 4) is 0 Å². The largest absolute Gasteiger partial charge is 0.462 e. The second-order valence-corrected chi connectivity index (χ2v) is 15.4. The fourth-order valence-corrected chi connectivity index (χ4v) is 3.99. The highest BCUT2D eigenvalue weighted by molar-refractivity contribution is 5.92. The summed E-state index contributed by atoms with van der Waals surface area (Å²) in [5.41, 5.74) is -7.42. The minimum atomic E-state index is -7.88. The van der Waals surface area contributed by atoms with E-state index in [1.54, 1.807) is 4.74 Å². The van der Waals surface area contributed by atoms with Crippen molar-refractivity contribution >= 4 is 35.8 Å². The second kappa shape index (κ2) is 29.2. The van der Waals surface area contributed by atoms with Gasteiger partial charge in [-0.05, 0) is 6.92 Å². The first-order chi connectivity index (χ1) is 39.2. The van der Waals surface area contributed by atoms with Crippen LogP contribution in [0, 0.1) is 0 Å². The quantitative estimate of drug-likeness (QED) is 0.0372. The van der Waals surface area contributed by atoms with E-state index in [0.29, 0.717) is 0 Å². The summed E-state index contributed by atoms with van der Waals surface area (Å²) in [5.74, 6) is -87.3. The van der Waals surface area contributed by atoms with Gasteiger partial charge in [-0.15, -0.1) is 0 Å². The first-order valence-corrected chi connectivity index (χ1v) is 19.9. The molecule has 0 aliphatic heterocycles. The van der Waals surface area contributed by atoms with E-state index in [-0.39, 0.29) is 6.92 Å². The zero-order chi connectivity index (χ0) is 75.1. The number of esters is 2. The number of Topliss-reactive ketones (excluding diaryl/α,β-unsaturated/α-hetero) is 3. The molecule has 0 fully saturated rings. The van der Waals surface area contributed by atoms with Crippen LogP contribution in [0.1, 0.15) is 13.8 Å². The molecule has 0 N–H and O–H groups in total. The monoisotopic (exact) mass is 1480 g/mol. The predicted octanol–water partition coefficient (Wildman–Crippen LogP) is 13.6. The molecular weight excluding hydrogens is 1460 g/mol. The molecule has 2 unspecified atom stereocenters. The van der Waals surface area contributed by atoms with Crippen molar-refractivity contribution in [3.63, 3.8) is 0 Å². The van der Waals surface area contributed by atoms with E-state index in [9.17, 15) is 231 Å². The fourth-order valence-electron chi connectivity index (χ4n) is 3.99. The van der Waals surface area contributed by atoms with Gasteiger partial charge in [0.2, 0.25) is 11.6 Å². The Morgan fingerprint density at radius 1 is 0.385 bits per heavy atom. The molecule has 0 bridgehead atoms. The first-order valence-electron chi connectivity index (χ1n) is 19.9. The highest BCUT2D eigenvalue weighted by atomic mass is 19.5. The number of ether oxygens (including phenoxy) is 5. The highest BCUT2D eigenvalue weighted by Gasteiger charge is 2.90. The van der Waals surface area contributed by atoms with Crippen molar-refractivity contribution in [1.82, 2.24) is 0 Å². The van der Waals surface area contributed by atoms with Crippen molar-refractivity contribution in [2.75, 3.05) is 19.8 Å². The Balaban J connectivity index is -0.000000609. The Labute approximate surface area is 464 Å². The van der Waals surface area contributed by atoms with Gasteiger partial charge in [0.05, 0.1) is 0 Å². The molecular formula is C34H18F46O11. The van der Waals surface area contributed by atoms with Crippen LogP contribution in [0.4, 0.5) is 202 Å². The molecule has 0 rings (SSSR count). The molecule has 57 heteroatoms. The third-order valence-corrected chi connectivity index (χ3v) is 8.86. The predicted molar refractivity (Wildman–Crippen MR) is 182 cm³/mol. The van der Waals surface area contributed by atoms with Crippen LogP contribution in [-0.2, 0) is 52.5 Å². The summed E-state index contributed by atoms with van der Waals surface area (Å²) >= 11 is 0. The van der Waals surface area contributed by atoms with Crippen LogP contribution in [-0.4, -0.2) is 195 Å². The van der Waals surface area contributed by atoms with Gasteiger partial charge in [-0.3, -0.25) is 28.7 Å². The number of hydrogen-bond donors (Lipinski definition) is 0. The highest BCUT2D eigenvalue weighted by Crippen LogP contribution is 2.60. The zero-order valence-electron chi connectivity index (χ0n) is 41.0. The van der Waals surface area contributed by atoms with E-state index in [1.165, 1.54) is 0 Å². The van der Waals surface area contributed by atoms with Gasteiger partial charge in [-0.1, -0.05) is 0 Å². The molecule has 11 nitrogen and oxygen atoms in total. The Morgan fingerprint density at radius 3 is 0.956 bits per heavy atom. The van der Waals surface area contributed by atoms with Gasteiger partial charge < -0.3 is 18.9 Å². The SMILES string of the molecule is CC(=O)OCC(=O)C(F)(F)F.CC(OC(C(=O)OCC(=O)C(OC(F)(F)C(F)(F)C(F)(F)F)(C(F)(F)F)C(F)(F)F)C(F)(F)F)C(F)(F)F.FC(F)C(F)(F)C(F)(F)C(F)(F)C(F)(F)C(F)F.O=COCC(=O)C(F)(F)C(F)(F)C(F)(F)C(F)(F)C(F)(F)C(F)F. The second-order valence-electron chi connectivity index (χ2n) is 15.4. The molecule has 542 valence electrons. The number of alkyl halides is 46. The van der Waals surface area contributed by atoms with Crippen molar-refractivity contribution in [3.05, 3.63) is 0 Å². The van der Waals surface area contributed by atoms with Gasteiger partial charge in [0.25, 0.3) is 18.4 Å². The molecule has 2 atom stereocenters. The van der Waals surface area contributed by atoms with Crippen LogP contribution in [0.2, 0.25) is 0 Å². The molecule has 0 aromatic heterocycles. The van der Waals surface area contributed by atoms with E-state index in [1.807, 2.05) is 0 Å². The maximum atomic E-state index is 13.3. The molecule has 0 aromatic rings. The summed E-state index contributed by atoms with van der Waals surface area (Å²) in [7, 11) is 0. The summed E-state index contributed by atoms with van der Waals surface area (Å²) in [6.45, 7) is -7.07. The Hall–Kier alpha value is -5.88. The average Bonchev–Trinajstić information content (AvgIpc) is 0.736. The topological polar surface area (TPSA) is 149 Å². The molecule has 0 aliphatic carbocycles. The maximum absolute atomic E-state index is 13.3. The zero-order valence-corrected chi connectivity index (χ0v) is 41.0. The van der Waals surface area contributed by atoms with Crippen LogP contribution in [0.3, 0.4) is 0 Å². The van der Waals surface area contributed by atoms with E-state index in [2.05, 4.69) is 18.9 Å². The van der Waals surface area contributed by atoms with Crippen LogP contribution in [0.25, 0.3) is 0 Å². The molecule has 0 radical (unpaired) electrons. The van der Waals surface area contributed by atoms with Crippen LogP contribution < -0.4 is 0 Å². The van der Waals surface area contributed by atoms with Crippen LogP contribution >= 0.6 is 0 Å². The van der Waals surface area contributed by atoms with Crippen LogP contribution in [0.15, 0.2) is 0 Å². The van der Waals surface area contributed by atoms with E-state index in [4.69, 9.17) is 0 Å². The number of carbonyl (C=O) groups excluding carboxylic acids is 6. The van der Waals surface area contributed by atoms with Gasteiger partial charge >= 0.3 is 139 Å². The summed E-state index contributed by atoms with van der Waals surface area (Å²) in [5, 5.41) is 0. The van der Waals surface area contributed by atoms with E-state index in [0.717, 1.165) is 6.92 Å². The Bertz CT molecular complexity index is 2370. The van der Waals surface area contributed by atoms with Crippen molar-refractivity contribution in [2.24, 2.45) is 0 Å². The Morgan fingerprint density at radius 2 is 0.703 bits per heavy atom. The molecule has 0 saturated heterocycles. The third kappa shape index (κ3) is 19.8. The lowest BCUT2D eigenvalue weighted by Crippen LogP contribution is -2.70. The summed E-state index contributed by atoms with van der Waals surface area (Å²) < 4.78 is 587. The molecule has 0 aliphatic rings. The molecule has 91 heavy (non-hydrogen) atoms. The first kappa shape index (κ1) is 91.5. The summed E-state index contributed by atoms with van der Waals surface area (Å²) in [6, 6.07) is 0. The molecule has 0 saturated carbocycles. The molecule has 0 spiro atoms. The summed E-state index contributed by atoms with van der Waals surface area (Å²) in [4.78, 5) is 63.0. The standard InChI is InChI=1S/C14H7F19O5.C9H4F12O3.C6H2F12.C5H5F3O3/c1-3(8(15,16)17)37-5(9(18,19)20)6(35)36-2-4(34)7(11(23,24)25,12(26,27)28)38-14(32,33)10(21,22)13(29,30)31;10-4(11)6(14,15)8(18,19)9(20,21)7(16,17)5(12,13)3(23)1-24-2-22;7-1(8)3(11,12)5(15,16)6(17,18)4(13,14)2(9)10;1-3(9)11-2-4(10)5(6,7)8/h3,5H,2H2,1H3;2,4H,1H2;1-2H;2H2,1H3. The number of halogens is 46. The smallest absolute Gasteiger partial charge is 0.460 e. The maximum Gasteiger partial charge on any atom is 0.462 e. The van der Waals surface area contributed by atoms with Gasteiger partial charge in [0, 0.05) is 6.92 Å². The lowest BCUT2D eigenvalue weighted by Gasteiger charge is -2.39. The van der Waals surface area contributed by atoms with E-state index < -0.39 is 195 Å². The van der Waals surface area contributed by atoms with Gasteiger partial charge in [0.1, 0.15) is 0 Å². The summed E-state index contributed by atoms with van der Waals surface area (Å²) in [6.07, 6.45) is -72.5. The van der Waals surface area contributed by atoms with Crippen LogP contribution in [0.5, 0.6) is 0 Å². The lowest BCUT2D eigenvalue weighted by atomic mass is 9.92. The minimum Gasteiger partial charge on any atom is -0.460 e. The number of ketones is 3. The molecule has 0 heterocycles. The molecule has 0 amide bonds. The van der Waals surface area contributed by atoms with Crippen molar-refractivity contribution < 1.29 is 254 Å². The van der Waals surface area contributed by atoms with Crippen molar-refractivity contribution in [1.29, 1.82) is 0 Å². The fraction of sp³-hybridized carbons (Fsp3) is 0.824. The number of rotatable bonds is 25. The van der Waals surface area contributed by atoms with E-state index >= 15 is 0 Å². The Kier molecular flexibility index (Phi) is 29.4. The lowest BCUT2D eigenvalue weighted by molar-refractivity contribution is -0.482. The molecule has 0 aromatic carbocycles. The normalized spacial score (nSPS) is 15.3. The third-order valence-electron chi connectivity index (χ3n) is 8.86. The van der Waals surface area contributed by atoms with Gasteiger partial charge in [-0.2, -0.15) is 176 Å². The number of hydrogen-bond acceptors (Lipinski definition) is 11. The van der Waals surface area contributed by atoms with Crippen molar-refractivity contribution in [2.45, 2.75) is 153 Å². The van der Waals surface area contributed by atoms with Gasteiger partial charge in [0.15, 0.2) is 25.9 Å². The van der Waals surface area contributed by atoms with Gasteiger partial charge in [-0.25, -0.2) is 31.1 Å². The number of carbonyl (C=O) groups is 6.